The fraction of sp³-hybridized carbons (Fsp3) is 0.222. The molecule has 1 aliphatic heterocycles. The first kappa shape index (κ1) is 14.6. The highest BCUT2D eigenvalue weighted by atomic mass is 16.6. The van der Waals surface area contributed by atoms with E-state index in [0.717, 1.165) is 22.2 Å². The zero-order valence-corrected chi connectivity index (χ0v) is 13.2. The van der Waals surface area contributed by atoms with E-state index in [1.807, 2.05) is 55.5 Å². The number of amides is 1. The normalized spacial score (nSPS) is 20.1. The minimum Gasteiger partial charge on any atom is -0.439 e. The second-order valence-electron chi connectivity index (χ2n) is 6.04. The molecular formula is C18H17N3O3. The molecular weight excluding hydrogens is 306 g/mol. The third-order valence-corrected chi connectivity index (χ3v) is 4.34. The van der Waals surface area contributed by atoms with Crippen molar-refractivity contribution >= 4 is 17.1 Å². The van der Waals surface area contributed by atoms with Crippen molar-refractivity contribution in [2.75, 3.05) is 0 Å². The summed E-state index contributed by atoms with van der Waals surface area (Å²) < 4.78 is 7.02. The van der Waals surface area contributed by atoms with E-state index in [1.165, 1.54) is 0 Å². The summed E-state index contributed by atoms with van der Waals surface area (Å²) in [6.45, 7) is 2.37. The molecule has 1 saturated heterocycles. The van der Waals surface area contributed by atoms with Crippen LogP contribution in [0.2, 0.25) is 0 Å². The molecule has 2 N–H and O–H groups in total. The molecule has 6 nitrogen and oxygen atoms in total. The first-order chi connectivity index (χ1) is 11.6. The molecule has 2 atom stereocenters. The Morgan fingerprint density at radius 3 is 2.75 bits per heavy atom. The highest BCUT2D eigenvalue weighted by Gasteiger charge is 2.31. The van der Waals surface area contributed by atoms with Crippen molar-refractivity contribution in [3.05, 3.63) is 70.1 Å². The lowest BCUT2D eigenvalue weighted by Gasteiger charge is -2.14. The highest BCUT2D eigenvalue weighted by molar-refractivity contribution is 5.75. The molecule has 24 heavy (non-hydrogen) atoms. The van der Waals surface area contributed by atoms with Gasteiger partial charge in [0.05, 0.1) is 23.6 Å². The van der Waals surface area contributed by atoms with Crippen LogP contribution in [0.3, 0.4) is 0 Å². The standard InChI is InChI=1S/C18H17N3O3/c1-11-16(24-18(23)19-11)13-6-4-5-12(9-13)10-21-15-8-3-2-7-14(15)20-17(21)22/h2-9,11,16H,10H2,1H3,(H,19,23)(H,20,22)/t11-,16+/m0/s1. The third-order valence-electron chi connectivity index (χ3n) is 4.34. The summed E-state index contributed by atoms with van der Waals surface area (Å²) >= 11 is 0. The number of hydrogen-bond acceptors (Lipinski definition) is 3. The number of benzene rings is 2. The fourth-order valence-electron chi connectivity index (χ4n) is 3.18. The van der Waals surface area contributed by atoms with Crippen molar-refractivity contribution in [1.82, 2.24) is 14.9 Å². The maximum absolute atomic E-state index is 12.2. The van der Waals surface area contributed by atoms with Gasteiger partial charge in [0, 0.05) is 0 Å². The molecule has 3 aromatic rings. The van der Waals surface area contributed by atoms with Crippen molar-refractivity contribution in [2.45, 2.75) is 25.6 Å². The molecule has 2 aromatic carbocycles. The largest absolute Gasteiger partial charge is 0.439 e. The van der Waals surface area contributed by atoms with Gasteiger partial charge in [0.2, 0.25) is 0 Å². The molecule has 1 fully saturated rings. The van der Waals surface area contributed by atoms with E-state index in [1.54, 1.807) is 4.57 Å². The molecule has 0 spiro atoms. The quantitative estimate of drug-likeness (QED) is 0.778. The number of para-hydroxylation sites is 2. The second-order valence-corrected chi connectivity index (χ2v) is 6.04. The number of cyclic esters (lactones) is 1. The number of carbonyl (C=O) groups excluding carboxylic acids is 1. The van der Waals surface area contributed by atoms with Crippen molar-refractivity contribution < 1.29 is 9.53 Å². The summed E-state index contributed by atoms with van der Waals surface area (Å²) in [5.41, 5.74) is 3.46. The SMILES string of the molecule is C[C@@H]1NC(=O)O[C@H]1c1cccc(Cn2c(=O)[nH]c3ccccc32)c1. The number of nitrogens with one attached hydrogen (secondary N) is 2. The molecule has 1 amide bonds. The summed E-state index contributed by atoms with van der Waals surface area (Å²) in [6.07, 6.45) is -0.706. The van der Waals surface area contributed by atoms with Crippen LogP contribution in [0, 0.1) is 0 Å². The van der Waals surface area contributed by atoms with Gasteiger partial charge in [-0.2, -0.15) is 0 Å². The van der Waals surface area contributed by atoms with Gasteiger partial charge in [-0.25, -0.2) is 9.59 Å². The minimum atomic E-state index is -0.397. The Kier molecular flexibility index (Phi) is 3.37. The van der Waals surface area contributed by atoms with Crippen LogP contribution in [0.15, 0.2) is 53.3 Å². The number of aromatic amines is 1. The average molecular weight is 323 g/mol. The Bertz CT molecular complexity index is 973. The molecule has 0 aliphatic carbocycles. The lowest BCUT2D eigenvalue weighted by atomic mass is 10.0. The molecule has 0 saturated carbocycles. The van der Waals surface area contributed by atoms with Crippen LogP contribution < -0.4 is 11.0 Å². The highest BCUT2D eigenvalue weighted by Crippen LogP contribution is 2.27. The predicted octanol–water partition coefficient (Wildman–Crippen LogP) is 2.55. The Balaban J connectivity index is 1.68. The molecule has 6 heteroatoms. The van der Waals surface area contributed by atoms with Gasteiger partial charge in [0.1, 0.15) is 6.10 Å². The van der Waals surface area contributed by atoms with Crippen LogP contribution in [0.1, 0.15) is 24.2 Å². The Labute approximate surface area is 138 Å². The fourth-order valence-corrected chi connectivity index (χ4v) is 3.18. The summed E-state index contributed by atoms with van der Waals surface area (Å²) in [5, 5.41) is 2.74. The Morgan fingerprint density at radius 1 is 1.12 bits per heavy atom. The second kappa shape index (κ2) is 5.56. The zero-order chi connectivity index (χ0) is 16.7. The number of rotatable bonds is 3. The van der Waals surface area contributed by atoms with Crippen molar-refractivity contribution in [1.29, 1.82) is 0 Å². The molecule has 0 bridgehead atoms. The monoisotopic (exact) mass is 323 g/mol. The van der Waals surface area contributed by atoms with E-state index in [0.29, 0.717) is 6.54 Å². The van der Waals surface area contributed by atoms with E-state index in [9.17, 15) is 9.59 Å². The summed E-state index contributed by atoms with van der Waals surface area (Å²) in [6, 6.07) is 15.3. The lowest BCUT2D eigenvalue weighted by Crippen LogP contribution is -2.24. The van der Waals surface area contributed by atoms with Gasteiger partial charge in [0.25, 0.3) is 0 Å². The average Bonchev–Trinajstić information content (AvgIpc) is 3.07. The number of fused-ring (bicyclic) bond motifs is 1. The maximum atomic E-state index is 12.2. The molecule has 4 rings (SSSR count). The maximum Gasteiger partial charge on any atom is 0.408 e. The van der Waals surface area contributed by atoms with E-state index >= 15 is 0 Å². The van der Waals surface area contributed by atoms with Crippen LogP contribution in [-0.4, -0.2) is 21.7 Å². The van der Waals surface area contributed by atoms with E-state index in [4.69, 9.17) is 4.74 Å². The molecule has 2 heterocycles. The van der Waals surface area contributed by atoms with E-state index in [2.05, 4.69) is 10.3 Å². The van der Waals surface area contributed by atoms with Crippen LogP contribution in [0.4, 0.5) is 4.79 Å². The third kappa shape index (κ3) is 2.46. The zero-order valence-electron chi connectivity index (χ0n) is 13.2. The van der Waals surface area contributed by atoms with Crippen molar-refractivity contribution in [3.8, 4) is 0 Å². The number of alkyl carbamates (subject to hydrolysis) is 1. The molecule has 122 valence electrons. The topological polar surface area (TPSA) is 76.1 Å². The van der Waals surface area contributed by atoms with Gasteiger partial charge in [-0.05, 0) is 30.2 Å². The lowest BCUT2D eigenvalue weighted by molar-refractivity contribution is 0.134. The van der Waals surface area contributed by atoms with E-state index < -0.39 is 6.09 Å². The van der Waals surface area contributed by atoms with Crippen molar-refractivity contribution in [2.24, 2.45) is 0 Å². The van der Waals surface area contributed by atoms with E-state index in [-0.39, 0.29) is 17.8 Å². The molecule has 0 unspecified atom stereocenters. The van der Waals surface area contributed by atoms with Crippen LogP contribution in [0.5, 0.6) is 0 Å². The Hall–Kier alpha value is -3.02. The summed E-state index contributed by atoms with van der Waals surface area (Å²) in [5.74, 6) is 0. The van der Waals surface area contributed by atoms with Gasteiger partial charge in [-0.1, -0.05) is 36.4 Å². The van der Waals surface area contributed by atoms with Crippen LogP contribution in [0.25, 0.3) is 11.0 Å². The Morgan fingerprint density at radius 2 is 1.96 bits per heavy atom. The molecule has 1 aromatic heterocycles. The van der Waals surface area contributed by atoms with Gasteiger partial charge in [-0.3, -0.25) is 4.57 Å². The number of hydrogen-bond donors (Lipinski definition) is 2. The van der Waals surface area contributed by atoms with Crippen LogP contribution in [-0.2, 0) is 11.3 Å². The first-order valence-electron chi connectivity index (χ1n) is 7.85. The number of H-pyrrole nitrogens is 1. The first-order valence-corrected chi connectivity index (χ1v) is 7.85. The van der Waals surface area contributed by atoms with Gasteiger partial charge in [0.15, 0.2) is 0 Å². The number of nitrogens with zero attached hydrogens (tertiary/aromatic N) is 1. The van der Waals surface area contributed by atoms with Gasteiger partial charge >= 0.3 is 11.8 Å². The summed E-state index contributed by atoms with van der Waals surface area (Å²) in [7, 11) is 0. The molecule has 1 aliphatic rings. The predicted molar refractivity (Wildman–Crippen MR) is 89.9 cm³/mol. The number of aromatic nitrogens is 2. The van der Waals surface area contributed by atoms with Gasteiger partial charge in [-0.15, -0.1) is 0 Å². The molecule has 0 radical (unpaired) electrons. The number of ether oxygens (including phenoxy) is 1. The van der Waals surface area contributed by atoms with Crippen LogP contribution >= 0.6 is 0 Å². The minimum absolute atomic E-state index is 0.0800. The smallest absolute Gasteiger partial charge is 0.408 e. The number of imidazole rings is 1. The van der Waals surface area contributed by atoms with Crippen molar-refractivity contribution in [3.63, 3.8) is 0 Å². The number of carbonyl (C=O) groups is 1. The van der Waals surface area contributed by atoms with Gasteiger partial charge < -0.3 is 15.0 Å². The summed E-state index contributed by atoms with van der Waals surface area (Å²) in [4.78, 5) is 26.5.